The van der Waals surface area contributed by atoms with Gasteiger partial charge in [0.15, 0.2) is 0 Å². The maximum Gasteiger partial charge on any atom is -0.0103 e. The number of rotatable bonds is 3. The first-order valence-corrected chi connectivity index (χ1v) is 9.56. The van der Waals surface area contributed by atoms with Crippen LogP contribution in [0.25, 0.3) is 0 Å². The smallest absolute Gasteiger partial charge is 0.0103 e. The summed E-state index contributed by atoms with van der Waals surface area (Å²) in [6.07, 6.45) is 4.18. The Morgan fingerprint density at radius 3 is 1.76 bits per heavy atom. The Morgan fingerprint density at radius 1 is 0.762 bits per heavy atom. The molecule has 0 bridgehead atoms. The predicted molar refractivity (Wildman–Crippen MR) is 95.0 cm³/mol. The summed E-state index contributed by atoms with van der Waals surface area (Å²) < 4.78 is 0. The van der Waals surface area contributed by atoms with E-state index in [0.717, 1.165) is 17.5 Å². The summed E-state index contributed by atoms with van der Waals surface area (Å²) in [7, 11) is -0.227. The summed E-state index contributed by atoms with van der Waals surface area (Å²) in [5.41, 5.74) is 0.834. The van der Waals surface area contributed by atoms with Gasteiger partial charge in [0, 0.05) is 0 Å². The third-order valence-corrected chi connectivity index (χ3v) is 7.93. The molecule has 110 valence electrons. The molecule has 0 saturated heterocycles. The predicted octanol–water partition coefficient (Wildman–Crippen LogP) is 4.94. The van der Waals surface area contributed by atoms with Crippen molar-refractivity contribution in [3.05, 3.63) is 60.7 Å². The van der Waals surface area contributed by atoms with Crippen LogP contribution in [0.3, 0.4) is 0 Å². The van der Waals surface area contributed by atoms with Crippen molar-refractivity contribution in [1.82, 2.24) is 0 Å². The maximum absolute atomic E-state index is 2.47. The van der Waals surface area contributed by atoms with E-state index in [4.69, 9.17) is 0 Å². The Balaban J connectivity index is 1.97. The molecule has 2 aromatic rings. The van der Waals surface area contributed by atoms with Gasteiger partial charge in [-0.25, -0.2) is 0 Å². The Labute approximate surface area is 130 Å². The average molecular weight is 296 g/mol. The molecule has 1 fully saturated rings. The molecule has 0 aliphatic heterocycles. The molecule has 1 aliphatic carbocycles. The van der Waals surface area contributed by atoms with Crippen LogP contribution in [0.5, 0.6) is 0 Å². The van der Waals surface area contributed by atoms with E-state index in [0.29, 0.717) is 0 Å². The SMILES string of the molecule is CC1CCC(P(c2ccccc2)c2ccccc2)C(C)C1. The second-order valence-electron chi connectivity index (χ2n) is 6.50. The minimum absolute atomic E-state index is 0.227. The van der Waals surface area contributed by atoms with Crippen LogP contribution in [0.15, 0.2) is 60.7 Å². The second-order valence-corrected chi connectivity index (χ2v) is 8.94. The lowest BCUT2D eigenvalue weighted by molar-refractivity contribution is 0.308. The molecule has 0 N–H and O–H groups in total. The number of hydrogen-bond acceptors (Lipinski definition) is 0. The summed E-state index contributed by atoms with van der Waals surface area (Å²) in [5.74, 6) is 1.74. The van der Waals surface area contributed by atoms with Gasteiger partial charge in [-0.2, -0.15) is 0 Å². The van der Waals surface area contributed by atoms with Crippen LogP contribution in [-0.2, 0) is 0 Å². The molecule has 2 aromatic carbocycles. The standard InChI is InChI=1S/C20H25P/c1-16-13-14-20(17(2)15-16)21(18-9-5-3-6-10-18)19-11-7-4-8-12-19/h3-12,16-17,20H,13-15H2,1-2H3. The Hall–Kier alpha value is -1.13. The first kappa shape index (κ1) is 14.8. The average Bonchev–Trinajstić information content (AvgIpc) is 2.52. The summed E-state index contributed by atoms with van der Waals surface area (Å²) in [4.78, 5) is 0. The fourth-order valence-corrected chi connectivity index (χ4v) is 6.83. The van der Waals surface area contributed by atoms with E-state index in [2.05, 4.69) is 74.5 Å². The molecule has 21 heavy (non-hydrogen) atoms. The monoisotopic (exact) mass is 296 g/mol. The van der Waals surface area contributed by atoms with Gasteiger partial charge < -0.3 is 0 Å². The van der Waals surface area contributed by atoms with E-state index in [1.165, 1.54) is 19.3 Å². The van der Waals surface area contributed by atoms with E-state index in [1.807, 2.05) is 0 Å². The van der Waals surface area contributed by atoms with Gasteiger partial charge in [-0.1, -0.05) is 80.9 Å². The van der Waals surface area contributed by atoms with Crippen LogP contribution in [-0.4, -0.2) is 5.66 Å². The molecule has 1 aliphatic rings. The molecule has 3 atom stereocenters. The molecule has 3 rings (SSSR count). The lowest BCUT2D eigenvalue weighted by Gasteiger charge is -2.38. The molecule has 1 saturated carbocycles. The maximum atomic E-state index is 2.47. The van der Waals surface area contributed by atoms with Crippen molar-refractivity contribution >= 4 is 18.5 Å². The van der Waals surface area contributed by atoms with Gasteiger partial charge in [-0.15, -0.1) is 0 Å². The van der Waals surface area contributed by atoms with Crippen molar-refractivity contribution in [3.8, 4) is 0 Å². The normalized spacial score (nSPS) is 26.0. The van der Waals surface area contributed by atoms with E-state index in [-0.39, 0.29) is 7.92 Å². The Morgan fingerprint density at radius 2 is 1.29 bits per heavy atom. The lowest BCUT2D eigenvalue weighted by Crippen LogP contribution is -2.31. The van der Waals surface area contributed by atoms with Crippen LogP contribution in [0.1, 0.15) is 33.1 Å². The lowest BCUT2D eigenvalue weighted by atomic mass is 9.83. The number of benzene rings is 2. The quantitative estimate of drug-likeness (QED) is 0.703. The fourth-order valence-electron chi connectivity index (χ4n) is 3.74. The van der Waals surface area contributed by atoms with E-state index in [9.17, 15) is 0 Å². The minimum atomic E-state index is -0.227. The van der Waals surface area contributed by atoms with Crippen molar-refractivity contribution < 1.29 is 0 Å². The third-order valence-electron chi connectivity index (χ3n) is 4.79. The van der Waals surface area contributed by atoms with E-state index in [1.54, 1.807) is 10.6 Å². The first-order chi connectivity index (χ1) is 10.3. The van der Waals surface area contributed by atoms with Gasteiger partial charge >= 0.3 is 0 Å². The molecule has 0 nitrogen and oxygen atoms in total. The molecule has 0 spiro atoms. The summed E-state index contributed by atoms with van der Waals surface area (Å²) in [6.45, 7) is 4.89. The van der Waals surface area contributed by atoms with Gasteiger partial charge in [0.1, 0.15) is 0 Å². The highest BCUT2D eigenvalue weighted by molar-refractivity contribution is 7.73. The highest BCUT2D eigenvalue weighted by Gasteiger charge is 2.33. The van der Waals surface area contributed by atoms with Gasteiger partial charge in [-0.05, 0) is 48.9 Å². The molecule has 0 amide bonds. The van der Waals surface area contributed by atoms with E-state index < -0.39 is 0 Å². The van der Waals surface area contributed by atoms with Crippen LogP contribution >= 0.6 is 7.92 Å². The third kappa shape index (κ3) is 3.38. The summed E-state index contributed by atoms with van der Waals surface area (Å²) in [5, 5.41) is 3.09. The minimum Gasteiger partial charge on any atom is -0.0625 e. The van der Waals surface area contributed by atoms with Gasteiger partial charge in [0.05, 0.1) is 0 Å². The first-order valence-electron chi connectivity index (χ1n) is 8.15. The molecule has 3 unspecified atom stereocenters. The van der Waals surface area contributed by atoms with Crippen molar-refractivity contribution in [2.45, 2.75) is 38.8 Å². The molecule has 1 heteroatoms. The highest BCUT2D eigenvalue weighted by Crippen LogP contribution is 2.49. The highest BCUT2D eigenvalue weighted by atomic mass is 31.1. The number of hydrogen-bond donors (Lipinski definition) is 0. The van der Waals surface area contributed by atoms with Crippen molar-refractivity contribution in [1.29, 1.82) is 0 Å². The molecular weight excluding hydrogens is 271 g/mol. The van der Waals surface area contributed by atoms with E-state index >= 15 is 0 Å². The fraction of sp³-hybridized carbons (Fsp3) is 0.400. The van der Waals surface area contributed by atoms with Gasteiger partial charge in [0.25, 0.3) is 0 Å². The largest absolute Gasteiger partial charge is 0.0625 e. The zero-order valence-electron chi connectivity index (χ0n) is 13.1. The topological polar surface area (TPSA) is 0 Å². The van der Waals surface area contributed by atoms with Gasteiger partial charge in [0.2, 0.25) is 0 Å². The molecule has 0 aromatic heterocycles. The van der Waals surface area contributed by atoms with Crippen molar-refractivity contribution in [2.24, 2.45) is 11.8 Å². The molecule has 0 heterocycles. The Bertz CT molecular complexity index is 509. The van der Waals surface area contributed by atoms with Crippen LogP contribution in [0, 0.1) is 11.8 Å². The summed E-state index contributed by atoms with van der Waals surface area (Å²) in [6, 6.07) is 22.4. The second kappa shape index (κ2) is 6.75. The summed E-state index contributed by atoms with van der Waals surface area (Å²) >= 11 is 0. The van der Waals surface area contributed by atoms with Crippen LogP contribution < -0.4 is 10.6 Å². The zero-order chi connectivity index (χ0) is 14.7. The van der Waals surface area contributed by atoms with Gasteiger partial charge in [-0.3, -0.25) is 0 Å². The van der Waals surface area contributed by atoms with Crippen molar-refractivity contribution in [3.63, 3.8) is 0 Å². The Kier molecular flexibility index (Phi) is 4.76. The van der Waals surface area contributed by atoms with Crippen molar-refractivity contribution in [2.75, 3.05) is 0 Å². The van der Waals surface area contributed by atoms with Crippen LogP contribution in [0.2, 0.25) is 0 Å². The van der Waals surface area contributed by atoms with Crippen LogP contribution in [0.4, 0.5) is 0 Å². The molecular formula is C20H25P. The molecule has 0 radical (unpaired) electrons. The zero-order valence-corrected chi connectivity index (χ0v) is 14.0.